The van der Waals surface area contributed by atoms with Gasteiger partial charge in [-0.15, -0.1) is 0 Å². The minimum Gasteiger partial charge on any atom is -0.361 e. The SMILES string of the molecule is CCN1CC(=O)Nc2cc(F)c(Cl)cc21. The van der Waals surface area contributed by atoms with Crippen LogP contribution in [0.1, 0.15) is 6.92 Å². The van der Waals surface area contributed by atoms with E-state index < -0.39 is 5.82 Å². The third-order valence-electron chi connectivity index (χ3n) is 2.37. The van der Waals surface area contributed by atoms with Crippen molar-refractivity contribution in [3.63, 3.8) is 0 Å². The van der Waals surface area contributed by atoms with E-state index in [0.717, 1.165) is 5.69 Å². The predicted molar refractivity (Wildman–Crippen MR) is 57.9 cm³/mol. The van der Waals surface area contributed by atoms with Crippen LogP contribution in [0, 0.1) is 5.82 Å². The standard InChI is InChI=1S/C10H10ClFN2O/c1-2-14-5-10(15)13-8-4-7(12)6(11)3-9(8)14/h3-4H,2,5H2,1H3,(H,13,15). The Morgan fingerprint density at radius 2 is 2.33 bits per heavy atom. The monoisotopic (exact) mass is 228 g/mol. The number of fused-ring (bicyclic) bond motifs is 1. The van der Waals surface area contributed by atoms with Crippen molar-refractivity contribution in [2.45, 2.75) is 6.92 Å². The number of carbonyl (C=O) groups is 1. The number of carbonyl (C=O) groups excluding carboxylic acids is 1. The maximum absolute atomic E-state index is 13.2. The average Bonchev–Trinajstić information content (AvgIpc) is 2.19. The van der Waals surface area contributed by atoms with E-state index in [-0.39, 0.29) is 17.5 Å². The van der Waals surface area contributed by atoms with Gasteiger partial charge in [-0.3, -0.25) is 4.79 Å². The lowest BCUT2D eigenvalue weighted by molar-refractivity contribution is -0.115. The van der Waals surface area contributed by atoms with Gasteiger partial charge in [0.1, 0.15) is 5.82 Å². The molecule has 15 heavy (non-hydrogen) atoms. The van der Waals surface area contributed by atoms with Gasteiger partial charge in [0.25, 0.3) is 0 Å². The molecule has 0 fully saturated rings. The van der Waals surface area contributed by atoms with Gasteiger partial charge in [0.2, 0.25) is 5.91 Å². The first-order valence-corrected chi connectivity index (χ1v) is 5.03. The van der Waals surface area contributed by atoms with Gasteiger partial charge in [-0.2, -0.15) is 0 Å². The number of hydrogen-bond donors (Lipinski definition) is 1. The van der Waals surface area contributed by atoms with Crippen LogP contribution in [0.15, 0.2) is 12.1 Å². The van der Waals surface area contributed by atoms with Crippen molar-refractivity contribution >= 4 is 28.9 Å². The molecule has 0 aromatic heterocycles. The van der Waals surface area contributed by atoms with Crippen LogP contribution in [0.5, 0.6) is 0 Å². The Hall–Kier alpha value is -1.29. The Balaban J connectivity index is 2.51. The highest BCUT2D eigenvalue weighted by Crippen LogP contribution is 2.33. The highest BCUT2D eigenvalue weighted by molar-refractivity contribution is 6.31. The molecule has 0 saturated carbocycles. The minimum absolute atomic E-state index is 0.0725. The zero-order chi connectivity index (χ0) is 11.0. The van der Waals surface area contributed by atoms with E-state index in [0.29, 0.717) is 12.2 Å². The summed E-state index contributed by atoms with van der Waals surface area (Å²) in [7, 11) is 0. The van der Waals surface area contributed by atoms with E-state index in [4.69, 9.17) is 11.6 Å². The van der Waals surface area contributed by atoms with E-state index in [2.05, 4.69) is 5.32 Å². The topological polar surface area (TPSA) is 32.3 Å². The summed E-state index contributed by atoms with van der Waals surface area (Å²) in [4.78, 5) is 13.1. The molecule has 0 bridgehead atoms. The smallest absolute Gasteiger partial charge is 0.243 e. The third-order valence-corrected chi connectivity index (χ3v) is 2.66. The number of rotatable bonds is 1. The van der Waals surface area contributed by atoms with Crippen LogP contribution >= 0.6 is 11.6 Å². The number of benzene rings is 1. The normalized spacial score (nSPS) is 14.9. The lowest BCUT2D eigenvalue weighted by atomic mass is 10.2. The van der Waals surface area contributed by atoms with Crippen LogP contribution in [0.25, 0.3) is 0 Å². The first-order chi connectivity index (χ1) is 7.11. The van der Waals surface area contributed by atoms with Crippen molar-refractivity contribution in [1.82, 2.24) is 0 Å². The summed E-state index contributed by atoms with van der Waals surface area (Å²) in [6.07, 6.45) is 0. The molecule has 1 amide bonds. The van der Waals surface area contributed by atoms with Gasteiger partial charge < -0.3 is 10.2 Å². The summed E-state index contributed by atoms with van der Waals surface area (Å²) >= 11 is 5.69. The highest BCUT2D eigenvalue weighted by atomic mass is 35.5. The number of amides is 1. The van der Waals surface area contributed by atoms with Crippen molar-refractivity contribution in [3.05, 3.63) is 23.0 Å². The Kier molecular flexibility index (Phi) is 2.52. The van der Waals surface area contributed by atoms with Gasteiger partial charge in [-0.25, -0.2) is 4.39 Å². The predicted octanol–water partition coefficient (Wildman–Crippen LogP) is 2.26. The molecule has 1 aromatic carbocycles. The molecule has 3 nitrogen and oxygen atoms in total. The molecule has 5 heteroatoms. The molecule has 1 heterocycles. The maximum atomic E-state index is 13.2. The van der Waals surface area contributed by atoms with Crippen molar-refractivity contribution in [2.24, 2.45) is 0 Å². The van der Waals surface area contributed by atoms with Gasteiger partial charge in [0.05, 0.1) is 22.9 Å². The fourth-order valence-electron chi connectivity index (χ4n) is 1.63. The number of anilines is 2. The second kappa shape index (κ2) is 3.70. The second-order valence-corrected chi connectivity index (χ2v) is 3.75. The molecule has 0 atom stereocenters. The molecule has 0 saturated heterocycles. The lowest BCUT2D eigenvalue weighted by Crippen LogP contribution is -2.38. The first kappa shape index (κ1) is 10.2. The van der Waals surface area contributed by atoms with Gasteiger partial charge in [-0.1, -0.05) is 11.6 Å². The Morgan fingerprint density at radius 1 is 1.60 bits per heavy atom. The van der Waals surface area contributed by atoms with Crippen LogP contribution in [0.4, 0.5) is 15.8 Å². The van der Waals surface area contributed by atoms with Crippen LogP contribution in [0.3, 0.4) is 0 Å². The van der Waals surface area contributed by atoms with E-state index in [1.54, 1.807) is 0 Å². The Labute approximate surface area is 91.8 Å². The van der Waals surface area contributed by atoms with Gasteiger partial charge in [0, 0.05) is 12.6 Å². The van der Waals surface area contributed by atoms with E-state index >= 15 is 0 Å². The number of nitrogens with zero attached hydrogens (tertiary/aromatic N) is 1. The average molecular weight is 229 g/mol. The van der Waals surface area contributed by atoms with E-state index in [9.17, 15) is 9.18 Å². The molecule has 1 aromatic rings. The van der Waals surface area contributed by atoms with Crippen molar-refractivity contribution in [2.75, 3.05) is 23.3 Å². The molecule has 0 spiro atoms. The van der Waals surface area contributed by atoms with E-state index in [1.165, 1.54) is 12.1 Å². The van der Waals surface area contributed by atoms with Gasteiger partial charge in [-0.05, 0) is 13.0 Å². The molecule has 0 aliphatic carbocycles. The van der Waals surface area contributed by atoms with Gasteiger partial charge >= 0.3 is 0 Å². The zero-order valence-electron chi connectivity index (χ0n) is 8.18. The Bertz CT molecular complexity index is 422. The maximum Gasteiger partial charge on any atom is 0.243 e. The molecule has 1 aliphatic heterocycles. The summed E-state index contributed by atoms with van der Waals surface area (Å²) in [5.41, 5.74) is 1.25. The summed E-state index contributed by atoms with van der Waals surface area (Å²) in [5, 5.41) is 2.69. The van der Waals surface area contributed by atoms with Crippen molar-refractivity contribution < 1.29 is 9.18 Å². The summed E-state index contributed by atoms with van der Waals surface area (Å²) in [6.45, 7) is 2.90. The zero-order valence-corrected chi connectivity index (χ0v) is 8.94. The van der Waals surface area contributed by atoms with E-state index in [1.807, 2.05) is 11.8 Å². The van der Waals surface area contributed by atoms with Crippen LogP contribution < -0.4 is 10.2 Å². The van der Waals surface area contributed by atoms with Crippen molar-refractivity contribution in [3.8, 4) is 0 Å². The molecule has 1 N–H and O–H groups in total. The van der Waals surface area contributed by atoms with Gasteiger partial charge in [0.15, 0.2) is 0 Å². The van der Waals surface area contributed by atoms with Crippen LogP contribution in [-0.2, 0) is 4.79 Å². The molecule has 0 radical (unpaired) electrons. The largest absolute Gasteiger partial charge is 0.361 e. The van der Waals surface area contributed by atoms with Crippen LogP contribution in [-0.4, -0.2) is 19.0 Å². The molecule has 80 valence electrons. The quantitative estimate of drug-likeness (QED) is 0.800. The molecule has 2 rings (SSSR count). The highest BCUT2D eigenvalue weighted by Gasteiger charge is 2.22. The third kappa shape index (κ3) is 1.77. The summed E-state index contributed by atoms with van der Waals surface area (Å²) < 4.78 is 13.2. The molecule has 1 aliphatic rings. The minimum atomic E-state index is -0.520. The molecular formula is C10H10ClFN2O. The fraction of sp³-hybridized carbons (Fsp3) is 0.300. The number of halogens is 2. The summed E-state index contributed by atoms with van der Waals surface area (Å²) in [6, 6.07) is 2.78. The number of likely N-dealkylation sites (N-methyl/N-ethyl adjacent to an activating group) is 1. The first-order valence-electron chi connectivity index (χ1n) is 4.65. The number of nitrogens with one attached hydrogen (secondary N) is 1. The number of hydrogen-bond acceptors (Lipinski definition) is 2. The van der Waals surface area contributed by atoms with Crippen LogP contribution in [0.2, 0.25) is 5.02 Å². The second-order valence-electron chi connectivity index (χ2n) is 3.35. The Morgan fingerprint density at radius 3 is 3.00 bits per heavy atom. The summed E-state index contributed by atoms with van der Waals surface area (Å²) in [5.74, 6) is -0.653. The molecule has 0 unspecified atom stereocenters. The lowest BCUT2D eigenvalue weighted by Gasteiger charge is -2.29. The van der Waals surface area contributed by atoms with Crippen molar-refractivity contribution in [1.29, 1.82) is 0 Å². The molecular weight excluding hydrogens is 219 g/mol. The fourth-order valence-corrected chi connectivity index (χ4v) is 1.79.